The first-order valence-electron chi connectivity index (χ1n) is 6.99. The van der Waals surface area contributed by atoms with Crippen LogP contribution in [-0.4, -0.2) is 37.4 Å². The summed E-state index contributed by atoms with van der Waals surface area (Å²) in [6.45, 7) is 4.07. The summed E-state index contributed by atoms with van der Waals surface area (Å²) >= 11 is 0. The SMILES string of the molecule is CC[C@H]1[C@@H](C)[C@H](c2cnc3c(N)nc(F)nn23)O[C@@H]1CO. The van der Waals surface area contributed by atoms with E-state index in [2.05, 4.69) is 28.9 Å². The van der Waals surface area contributed by atoms with Crippen molar-refractivity contribution < 1.29 is 14.2 Å². The summed E-state index contributed by atoms with van der Waals surface area (Å²) in [7, 11) is 0. The molecular formula is C13H18FN5O2. The third-order valence-electron chi connectivity index (χ3n) is 4.28. The second kappa shape index (κ2) is 5.19. The monoisotopic (exact) mass is 295 g/mol. The standard InChI is InChI=1S/C13H18FN5O2/c1-3-7-6(2)10(21-9(7)5-20)8-4-16-12-11(15)17-13(14)18-19(8)12/h4,6-7,9-10,20H,3,5H2,1-2H3,(H2,15,17,18)/t6-,7+,9-,10-/m1/s1. The molecule has 0 aromatic carbocycles. The highest BCUT2D eigenvalue weighted by atomic mass is 19.1. The number of aromatic nitrogens is 4. The molecule has 3 rings (SSSR count). The van der Waals surface area contributed by atoms with E-state index in [0.717, 1.165) is 6.42 Å². The van der Waals surface area contributed by atoms with Crippen molar-refractivity contribution in [2.75, 3.05) is 12.3 Å². The Labute approximate surface area is 121 Å². The van der Waals surface area contributed by atoms with Crippen LogP contribution in [-0.2, 0) is 4.74 Å². The van der Waals surface area contributed by atoms with Crippen molar-refractivity contribution in [1.29, 1.82) is 0 Å². The van der Waals surface area contributed by atoms with E-state index < -0.39 is 6.08 Å². The summed E-state index contributed by atoms with van der Waals surface area (Å²) in [5, 5.41) is 13.2. The van der Waals surface area contributed by atoms with Gasteiger partial charge in [0.25, 0.3) is 0 Å². The molecule has 1 fully saturated rings. The predicted molar refractivity (Wildman–Crippen MR) is 72.8 cm³/mol. The van der Waals surface area contributed by atoms with Crippen molar-refractivity contribution in [3.8, 4) is 0 Å². The Bertz CT molecular complexity index is 661. The van der Waals surface area contributed by atoms with Crippen LogP contribution in [0, 0.1) is 17.9 Å². The molecule has 4 atom stereocenters. The summed E-state index contributed by atoms with van der Waals surface area (Å²) < 4.78 is 20.7. The number of aliphatic hydroxyl groups is 1. The summed E-state index contributed by atoms with van der Waals surface area (Å²) in [5.74, 6) is 0.381. The zero-order valence-electron chi connectivity index (χ0n) is 11.9. The molecule has 7 nitrogen and oxygen atoms in total. The van der Waals surface area contributed by atoms with Gasteiger partial charge in [-0.2, -0.15) is 9.37 Å². The smallest absolute Gasteiger partial charge is 0.328 e. The average molecular weight is 295 g/mol. The van der Waals surface area contributed by atoms with Gasteiger partial charge >= 0.3 is 6.08 Å². The van der Waals surface area contributed by atoms with E-state index >= 15 is 0 Å². The lowest BCUT2D eigenvalue weighted by molar-refractivity contribution is -0.00635. The van der Waals surface area contributed by atoms with Crippen LogP contribution in [0.15, 0.2) is 6.20 Å². The lowest BCUT2D eigenvalue weighted by atomic mass is 9.86. The van der Waals surface area contributed by atoms with Gasteiger partial charge in [0.2, 0.25) is 0 Å². The van der Waals surface area contributed by atoms with E-state index in [1.54, 1.807) is 6.20 Å². The van der Waals surface area contributed by atoms with Crippen molar-refractivity contribution in [3.63, 3.8) is 0 Å². The number of hydrogen-bond donors (Lipinski definition) is 2. The molecule has 8 heteroatoms. The zero-order chi connectivity index (χ0) is 15.1. The number of aliphatic hydroxyl groups excluding tert-OH is 1. The van der Waals surface area contributed by atoms with E-state index in [9.17, 15) is 9.50 Å². The Balaban J connectivity index is 2.05. The molecule has 0 spiro atoms. The highest BCUT2D eigenvalue weighted by Crippen LogP contribution is 2.43. The van der Waals surface area contributed by atoms with E-state index in [1.165, 1.54) is 4.52 Å². The van der Waals surface area contributed by atoms with Gasteiger partial charge < -0.3 is 15.6 Å². The second-order valence-electron chi connectivity index (χ2n) is 5.39. The lowest BCUT2D eigenvalue weighted by Crippen LogP contribution is -2.22. The van der Waals surface area contributed by atoms with E-state index in [4.69, 9.17) is 10.5 Å². The molecule has 0 radical (unpaired) electrons. The van der Waals surface area contributed by atoms with Crippen LogP contribution >= 0.6 is 0 Å². The molecule has 21 heavy (non-hydrogen) atoms. The summed E-state index contributed by atoms with van der Waals surface area (Å²) in [4.78, 5) is 7.60. The van der Waals surface area contributed by atoms with Gasteiger partial charge in [0, 0.05) is 0 Å². The van der Waals surface area contributed by atoms with Gasteiger partial charge in [0.1, 0.15) is 6.10 Å². The van der Waals surface area contributed by atoms with Gasteiger partial charge in [-0.15, -0.1) is 5.10 Å². The van der Waals surface area contributed by atoms with Crippen molar-refractivity contribution in [1.82, 2.24) is 19.6 Å². The van der Waals surface area contributed by atoms with Crippen LogP contribution in [0.25, 0.3) is 5.65 Å². The number of fused-ring (bicyclic) bond motifs is 1. The molecular weight excluding hydrogens is 277 g/mol. The van der Waals surface area contributed by atoms with Gasteiger partial charge in [-0.3, -0.25) is 0 Å². The minimum absolute atomic E-state index is 0.00912. The molecule has 0 bridgehead atoms. The number of halogens is 1. The molecule has 0 saturated carbocycles. The Morgan fingerprint density at radius 3 is 2.90 bits per heavy atom. The molecule has 3 heterocycles. The molecule has 0 amide bonds. The molecule has 1 aliphatic rings. The number of nitrogen functional groups attached to an aromatic ring is 1. The Morgan fingerprint density at radius 1 is 1.52 bits per heavy atom. The van der Waals surface area contributed by atoms with Gasteiger partial charge in [0.15, 0.2) is 11.5 Å². The maximum absolute atomic E-state index is 13.4. The first kappa shape index (κ1) is 14.2. The molecule has 0 aliphatic carbocycles. The largest absolute Gasteiger partial charge is 0.394 e. The molecule has 114 valence electrons. The van der Waals surface area contributed by atoms with Crippen LogP contribution in [0.5, 0.6) is 0 Å². The van der Waals surface area contributed by atoms with Gasteiger partial charge in [0.05, 0.1) is 24.6 Å². The van der Waals surface area contributed by atoms with Crippen molar-refractivity contribution >= 4 is 11.5 Å². The van der Waals surface area contributed by atoms with Crippen LogP contribution < -0.4 is 5.73 Å². The Morgan fingerprint density at radius 2 is 2.29 bits per heavy atom. The number of nitrogens with zero attached hydrogens (tertiary/aromatic N) is 4. The first-order valence-corrected chi connectivity index (χ1v) is 6.99. The third-order valence-corrected chi connectivity index (χ3v) is 4.28. The number of imidazole rings is 1. The number of hydrogen-bond acceptors (Lipinski definition) is 6. The van der Waals surface area contributed by atoms with Crippen LogP contribution in [0.1, 0.15) is 32.1 Å². The van der Waals surface area contributed by atoms with Crippen molar-refractivity contribution in [3.05, 3.63) is 18.0 Å². The van der Waals surface area contributed by atoms with E-state index in [0.29, 0.717) is 11.3 Å². The zero-order valence-corrected chi connectivity index (χ0v) is 11.9. The predicted octanol–water partition coefficient (Wildman–Crippen LogP) is 0.940. The van der Waals surface area contributed by atoms with Crippen molar-refractivity contribution in [2.24, 2.45) is 11.8 Å². The fraction of sp³-hybridized carbons (Fsp3) is 0.615. The maximum atomic E-state index is 13.4. The highest BCUT2D eigenvalue weighted by molar-refractivity contribution is 5.58. The third kappa shape index (κ3) is 2.14. The minimum Gasteiger partial charge on any atom is -0.394 e. The average Bonchev–Trinajstić information content (AvgIpc) is 2.99. The molecule has 2 aromatic rings. The molecule has 0 unspecified atom stereocenters. The number of ether oxygens (including phenoxy) is 1. The topological polar surface area (TPSA) is 98.6 Å². The van der Waals surface area contributed by atoms with Crippen LogP contribution in [0.3, 0.4) is 0 Å². The molecule has 1 aliphatic heterocycles. The Hall–Kier alpha value is -1.80. The highest BCUT2D eigenvalue weighted by Gasteiger charge is 2.42. The fourth-order valence-electron chi connectivity index (χ4n) is 3.22. The number of anilines is 1. The quantitative estimate of drug-likeness (QED) is 0.874. The second-order valence-corrected chi connectivity index (χ2v) is 5.39. The summed E-state index contributed by atoms with van der Waals surface area (Å²) in [6, 6.07) is 0. The van der Waals surface area contributed by atoms with Crippen LogP contribution in [0.4, 0.5) is 10.2 Å². The van der Waals surface area contributed by atoms with Gasteiger partial charge in [-0.1, -0.05) is 20.3 Å². The minimum atomic E-state index is -0.907. The first-order chi connectivity index (χ1) is 10.1. The normalized spacial score (nSPS) is 29.3. The fourth-order valence-corrected chi connectivity index (χ4v) is 3.22. The lowest BCUT2D eigenvalue weighted by Gasteiger charge is -2.17. The van der Waals surface area contributed by atoms with Crippen molar-refractivity contribution in [2.45, 2.75) is 32.5 Å². The number of nitrogens with two attached hydrogens (primary N) is 1. The maximum Gasteiger partial charge on any atom is 0.328 e. The molecule has 2 aromatic heterocycles. The van der Waals surface area contributed by atoms with E-state index in [1.807, 2.05) is 0 Å². The summed E-state index contributed by atoms with van der Waals surface area (Å²) in [6.07, 6.45) is 1.02. The molecule has 3 N–H and O–H groups in total. The van der Waals surface area contributed by atoms with Gasteiger partial charge in [-0.05, 0) is 11.8 Å². The summed E-state index contributed by atoms with van der Waals surface area (Å²) in [5.41, 5.74) is 6.59. The number of rotatable bonds is 3. The van der Waals surface area contributed by atoms with Crippen LogP contribution in [0.2, 0.25) is 0 Å². The van der Waals surface area contributed by atoms with Gasteiger partial charge in [-0.25, -0.2) is 9.50 Å². The molecule has 1 saturated heterocycles. The van der Waals surface area contributed by atoms with E-state index in [-0.39, 0.29) is 36.5 Å². The Kier molecular flexibility index (Phi) is 3.50.